The number of amidine groups is 1. The number of nitrogen functional groups attached to an aromatic ring is 1. The van der Waals surface area contributed by atoms with Crippen LogP contribution in [0.2, 0.25) is 5.02 Å². The van der Waals surface area contributed by atoms with Crippen LogP contribution in [0.5, 0.6) is 0 Å². The lowest BCUT2D eigenvalue weighted by Crippen LogP contribution is -2.12. The summed E-state index contributed by atoms with van der Waals surface area (Å²) in [6, 6.07) is 5.28. The maximum Gasteiger partial charge on any atom is 0.124 e. The molecule has 2 aromatic rings. The molecule has 2 rings (SSSR count). The standard InChI is InChI=1S/C11H9ClN4S/c12-7-1-2-10(16-5-7)17-9-6-15-4-3-8(9)11(13)14/h1-6H,(H3,13,14). The van der Waals surface area contributed by atoms with Gasteiger partial charge in [0.2, 0.25) is 0 Å². The first-order valence-electron chi connectivity index (χ1n) is 4.74. The maximum absolute atomic E-state index is 7.47. The molecule has 0 radical (unpaired) electrons. The van der Waals surface area contributed by atoms with Crippen molar-refractivity contribution < 1.29 is 0 Å². The third kappa shape index (κ3) is 2.95. The number of hydrogen-bond donors (Lipinski definition) is 2. The molecule has 0 spiro atoms. The van der Waals surface area contributed by atoms with E-state index in [1.54, 1.807) is 30.7 Å². The lowest BCUT2D eigenvalue weighted by molar-refractivity contribution is 1.12. The molecule has 0 unspecified atom stereocenters. The van der Waals surface area contributed by atoms with Crippen LogP contribution >= 0.6 is 23.4 Å². The third-order valence-electron chi connectivity index (χ3n) is 1.99. The van der Waals surface area contributed by atoms with Crippen molar-refractivity contribution in [3.05, 3.63) is 47.4 Å². The van der Waals surface area contributed by atoms with Crippen molar-refractivity contribution >= 4 is 29.2 Å². The van der Waals surface area contributed by atoms with Gasteiger partial charge in [-0.15, -0.1) is 0 Å². The Morgan fingerprint density at radius 1 is 1.29 bits per heavy atom. The van der Waals surface area contributed by atoms with E-state index in [4.69, 9.17) is 22.7 Å². The average molecular weight is 265 g/mol. The van der Waals surface area contributed by atoms with Crippen LogP contribution in [0, 0.1) is 5.41 Å². The highest BCUT2D eigenvalue weighted by Gasteiger charge is 2.07. The Morgan fingerprint density at radius 3 is 2.76 bits per heavy atom. The van der Waals surface area contributed by atoms with Crippen LogP contribution < -0.4 is 5.73 Å². The lowest BCUT2D eigenvalue weighted by atomic mass is 10.2. The van der Waals surface area contributed by atoms with E-state index >= 15 is 0 Å². The van der Waals surface area contributed by atoms with Crippen molar-refractivity contribution in [2.75, 3.05) is 0 Å². The van der Waals surface area contributed by atoms with Crippen LogP contribution in [0.1, 0.15) is 5.56 Å². The highest BCUT2D eigenvalue weighted by molar-refractivity contribution is 7.99. The third-order valence-corrected chi connectivity index (χ3v) is 3.21. The molecular formula is C11H9ClN4S. The molecule has 0 aliphatic carbocycles. The van der Waals surface area contributed by atoms with E-state index in [-0.39, 0.29) is 5.84 Å². The Hall–Kier alpha value is -1.59. The predicted molar refractivity (Wildman–Crippen MR) is 68.6 cm³/mol. The van der Waals surface area contributed by atoms with Crippen LogP contribution in [-0.2, 0) is 0 Å². The van der Waals surface area contributed by atoms with Gasteiger partial charge in [-0.1, -0.05) is 23.4 Å². The van der Waals surface area contributed by atoms with Crippen LogP contribution in [0.3, 0.4) is 0 Å². The molecular weight excluding hydrogens is 256 g/mol. The summed E-state index contributed by atoms with van der Waals surface area (Å²) in [5.41, 5.74) is 6.15. The first-order chi connectivity index (χ1) is 8.16. The number of aromatic nitrogens is 2. The van der Waals surface area contributed by atoms with Gasteiger partial charge < -0.3 is 5.73 Å². The number of rotatable bonds is 3. The van der Waals surface area contributed by atoms with E-state index in [1.807, 2.05) is 6.07 Å². The predicted octanol–water partition coefficient (Wildman–Crippen LogP) is 2.57. The number of nitrogens with zero attached hydrogens (tertiary/aromatic N) is 2. The highest BCUT2D eigenvalue weighted by atomic mass is 35.5. The Bertz CT molecular complexity index is 541. The van der Waals surface area contributed by atoms with Crippen molar-refractivity contribution in [3.63, 3.8) is 0 Å². The van der Waals surface area contributed by atoms with Crippen molar-refractivity contribution in [3.8, 4) is 0 Å². The highest BCUT2D eigenvalue weighted by Crippen LogP contribution is 2.28. The summed E-state index contributed by atoms with van der Waals surface area (Å²) in [5, 5.41) is 8.84. The molecule has 2 aromatic heterocycles. The zero-order valence-corrected chi connectivity index (χ0v) is 10.3. The summed E-state index contributed by atoms with van der Waals surface area (Å²) in [7, 11) is 0. The van der Waals surface area contributed by atoms with Gasteiger partial charge in [-0.25, -0.2) is 4.98 Å². The van der Waals surface area contributed by atoms with Crippen molar-refractivity contribution in [2.45, 2.75) is 9.92 Å². The van der Waals surface area contributed by atoms with Crippen LogP contribution in [0.25, 0.3) is 0 Å². The smallest absolute Gasteiger partial charge is 0.124 e. The van der Waals surface area contributed by atoms with Crippen molar-refractivity contribution in [1.82, 2.24) is 9.97 Å². The van der Waals surface area contributed by atoms with E-state index in [0.29, 0.717) is 10.6 Å². The van der Waals surface area contributed by atoms with E-state index in [1.165, 1.54) is 11.8 Å². The molecule has 2 heterocycles. The zero-order chi connectivity index (χ0) is 12.3. The molecule has 17 heavy (non-hydrogen) atoms. The largest absolute Gasteiger partial charge is 0.384 e. The Kier molecular flexibility index (Phi) is 3.61. The van der Waals surface area contributed by atoms with E-state index in [2.05, 4.69) is 9.97 Å². The molecule has 0 fully saturated rings. The molecule has 0 aromatic carbocycles. The minimum Gasteiger partial charge on any atom is -0.384 e. The summed E-state index contributed by atoms with van der Waals surface area (Å²) >= 11 is 7.16. The summed E-state index contributed by atoms with van der Waals surface area (Å²) in [6.45, 7) is 0. The molecule has 0 bridgehead atoms. The van der Waals surface area contributed by atoms with Crippen molar-refractivity contribution in [2.24, 2.45) is 5.73 Å². The van der Waals surface area contributed by atoms with Crippen LogP contribution in [0.15, 0.2) is 46.7 Å². The van der Waals surface area contributed by atoms with Gasteiger partial charge in [0.05, 0.1) is 5.02 Å². The van der Waals surface area contributed by atoms with E-state index < -0.39 is 0 Å². The molecule has 4 nitrogen and oxygen atoms in total. The lowest BCUT2D eigenvalue weighted by Gasteiger charge is -2.06. The van der Waals surface area contributed by atoms with E-state index in [9.17, 15) is 0 Å². The van der Waals surface area contributed by atoms with E-state index in [0.717, 1.165) is 9.92 Å². The zero-order valence-electron chi connectivity index (χ0n) is 8.72. The summed E-state index contributed by atoms with van der Waals surface area (Å²) in [6.07, 6.45) is 4.85. The summed E-state index contributed by atoms with van der Waals surface area (Å²) in [5.74, 6) is 0.0175. The molecule has 0 saturated heterocycles. The van der Waals surface area contributed by atoms with Crippen LogP contribution in [-0.4, -0.2) is 15.8 Å². The second-order valence-corrected chi connectivity index (χ2v) is 4.70. The topological polar surface area (TPSA) is 75.7 Å². The number of nitrogens with one attached hydrogen (secondary N) is 1. The minimum atomic E-state index is 0.0175. The fourth-order valence-corrected chi connectivity index (χ4v) is 2.20. The van der Waals surface area contributed by atoms with Gasteiger partial charge in [0.1, 0.15) is 10.9 Å². The van der Waals surface area contributed by atoms with Gasteiger partial charge in [-0.2, -0.15) is 0 Å². The fraction of sp³-hybridized carbons (Fsp3) is 0. The van der Waals surface area contributed by atoms with Gasteiger partial charge in [0.25, 0.3) is 0 Å². The van der Waals surface area contributed by atoms with Crippen LogP contribution in [0.4, 0.5) is 0 Å². The van der Waals surface area contributed by atoms with Gasteiger partial charge >= 0.3 is 0 Å². The monoisotopic (exact) mass is 264 g/mol. The molecule has 0 aliphatic rings. The quantitative estimate of drug-likeness (QED) is 0.660. The second kappa shape index (κ2) is 5.16. The number of halogens is 1. The average Bonchev–Trinajstić information content (AvgIpc) is 2.32. The fourth-order valence-electron chi connectivity index (χ4n) is 1.22. The number of hydrogen-bond acceptors (Lipinski definition) is 4. The summed E-state index contributed by atoms with van der Waals surface area (Å²) in [4.78, 5) is 8.98. The Balaban J connectivity index is 2.30. The van der Waals surface area contributed by atoms with Gasteiger partial charge in [-0.3, -0.25) is 10.4 Å². The molecule has 3 N–H and O–H groups in total. The normalized spacial score (nSPS) is 10.2. The first-order valence-corrected chi connectivity index (χ1v) is 5.94. The first kappa shape index (κ1) is 11.9. The van der Waals surface area contributed by atoms with Crippen molar-refractivity contribution in [1.29, 1.82) is 5.41 Å². The maximum atomic E-state index is 7.47. The molecule has 0 atom stereocenters. The summed E-state index contributed by atoms with van der Waals surface area (Å²) < 4.78 is 0. The molecule has 0 amide bonds. The SMILES string of the molecule is N=C(N)c1ccncc1Sc1ccc(Cl)cn1. The molecule has 0 aliphatic heterocycles. The Morgan fingerprint density at radius 2 is 2.12 bits per heavy atom. The molecule has 6 heteroatoms. The van der Waals surface area contributed by atoms with Gasteiger partial charge in [0.15, 0.2) is 0 Å². The minimum absolute atomic E-state index is 0.0175. The van der Waals surface area contributed by atoms with Gasteiger partial charge in [0, 0.05) is 29.0 Å². The Labute approximate surface area is 108 Å². The second-order valence-electron chi connectivity index (χ2n) is 3.20. The molecule has 86 valence electrons. The number of nitrogens with two attached hydrogens (primary N) is 1. The molecule has 0 saturated carbocycles. The number of pyridine rings is 2. The van der Waals surface area contributed by atoms with Gasteiger partial charge in [-0.05, 0) is 18.2 Å².